The second-order valence-corrected chi connectivity index (χ2v) is 7.78. The van der Waals surface area contributed by atoms with E-state index in [-0.39, 0.29) is 5.91 Å². The topological polar surface area (TPSA) is 42.0 Å². The van der Waals surface area contributed by atoms with Crippen LogP contribution in [-0.2, 0) is 0 Å². The van der Waals surface area contributed by atoms with E-state index in [0.29, 0.717) is 5.92 Å². The summed E-state index contributed by atoms with van der Waals surface area (Å²) in [4.78, 5) is 17.4. The lowest BCUT2D eigenvalue weighted by Gasteiger charge is -2.31. The lowest BCUT2D eigenvalue weighted by atomic mass is 9.75. The summed E-state index contributed by atoms with van der Waals surface area (Å²) in [5.74, 6) is 2.07. The Morgan fingerprint density at radius 3 is 2.86 bits per heavy atom. The Morgan fingerprint density at radius 2 is 2.14 bits per heavy atom. The molecule has 3 nitrogen and oxygen atoms in total. The molecule has 3 atom stereocenters. The molecule has 2 aromatic heterocycles. The molecule has 1 saturated carbocycles. The highest BCUT2D eigenvalue weighted by Gasteiger charge is 2.27. The molecule has 2 unspecified atom stereocenters. The number of hydrogen-bond donors (Lipinski definition) is 1. The molecule has 2 aromatic rings. The van der Waals surface area contributed by atoms with Crippen LogP contribution in [0.4, 0.5) is 5.13 Å². The summed E-state index contributed by atoms with van der Waals surface area (Å²) >= 11 is 2.98. The molecule has 1 amide bonds. The van der Waals surface area contributed by atoms with Gasteiger partial charge < -0.3 is 0 Å². The summed E-state index contributed by atoms with van der Waals surface area (Å²) in [6.07, 6.45) is 3.71. The molecule has 21 heavy (non-hydrogen) atoms. The third kappa shape index (κ3) is 3.35. The smallest absolute Gasteiger partial charge is 0.267 e. The summed E-state index contributed by atoms with van der Waals surface area (Å²) in [6.45, 7) is 4.68. The van der Waals surface area contributed by atoms with Crippen molar-refractivity contribution in [1.82, 2.24) is 4.98 Å². The van der Waals surface area contributed by atoms with E-state index in [1.165, 1.54) is 41.9 Å². The number of rotatable bonds is 3. The maximum Gasteiger partial charge on any atom is 0.267 e. The van der Waals surface area contributed by atoms with E-state index in [1.807, 2.05) is 17.5 Å². The van der Waals surface area contributed by atoms with Gasteiger partial charge in [-0.25, -0.2) is 4.98 Å². The second-order valence-electron chi connectivity index (χ2n) is 5.97. The first-order valence-electron chi connectivity index (χ1n) is 7.43. The van der Waals surface area contributed by atoms with Gasteiger partial charge in [-0.3, -0.25) is 10.1 Å². The fourth-order valence-corrected chi connectivity index (χ4v) is 4.32. The fraction of sp³-hybridized carbons (Fsp3) is 0.500. The minimum Gasteiger partial charge on any atom is -0.297 e. The van der Waals surface area contributed by atoms with Gasteiger partial charge in [0.1, 0.15) is 0 Å². The molecule has 0 aliphatic heterocycles. The number of amides is 1. The van der Waals surface area contributed by atoms with E-state index in [9.17, 15) is 4.79 Å². The Hall–Kier alpha value is -1.20. The number of hydrogen-bond acceptors (Lipinski definition) is 4. The standard InChI is InChI=1S/C16H20N2OS2/c1-10-5-6-12(8-11(10)2)13-9-21-16(17-13)18-15(19)14-4-3-7-20-14/h3-4,7,9-12H,5-6,8H2,1-2H3,(H,17,18,19)/t10?,11-,12?/m0/s1. The number of thiazole rings is 1. The van der Waals surface area contributed by atoms with E-state index in [0.717, 1.165) is 27.5 Å². The van der Waals surface area contributed by atoms with E-state index in [2.05, 4.69) is 29.5 Å². The monoisotopic (exact) mass is 320 g/mol. The van der Waals surface area contributed by atoms with Crippen LogP contribution in [0.1, 0.15) is 54.4 Å². The zero-order valence-electron chi connectivity index (χ0n) is 12.3. The van der Waals surface area contributed by atoms with Gasteiger partial charge in [0, 0.05) is 11.3 Å². The number of nitrogens with zero attached hydrogens (tertiary/aromatic N) is 1. The van der Waals surface area contributed by atoms with Gasteiger partial charge in [-0.15, -0.1) is 22.7 Å². The van der Waals surface area contributed by atoms with Crippen LogP contribution in [0, 0.1) is 11.8 Å². The fourth-order valence-electron chi connectivity index (χ4n) is 2.91. The van der Waals surface area contributed by atoms with Crippen molar-refractivity contribution in [1.29, 1.82) is 0 Å². The summed E-state index contributed by atoms with van der Waals surface area (Å²) in [5, 5.41) is 7.64. The Kier molecular flexibility index (Phi) is 4.40. The molecule has 0 aromatic carbocycles. The van der Waals surface area contributed by atoms with Crippen LogP contribution in [0.3, 0.4) is 0 Å². The highest BCUT2D eigenvalue weighted by atomic mass is 32.1. The van der Waals surface area contributed by atoms with Crippen molar-refractivity contribution in [3.63, 3.8) is 0 Å². The molecule has 5 heteroatoms. The van der Waals surface area contributed by atoms with Crippen LogP contribution in [0.15, 0.2) is 22.9 Å². The lowest BCUT2D eigenvalue weighted by Crippen LogP contribution is -2.19. The first-order valence-corrected chi connectivity index (χ1v) is 9.19. The van der Waals surface area contributed by atoms with Gasteiger partial charge in [-0.05, 0) is 42.5 Å². The van der Waals surface area contributed by atoms with Crippen LogP contribution < -0.4 is 5.32 Å². The zero-order chi connectivity index (χ0) is 14.8. The third-order valence-electron chi connectivity index (χ3n) is 4.50. The summed E-state index contributed by atoms with van der Waals surface area (Å²) in [7, 11) is 0. The molecule has 112 valence electrons. The van der Waals surface area contributed by atoms with Crippen molar-refractivity contribution in [3.8, 4) is 0 Å². The first kappa shape index (κ1) is 14.7. The Morgan fingerprint density at radius 1 is 1.29 bits per heavy atom. The average Bonchev–Trinajstić information content (AvgIpc) is 3.12. The zero-order valence-corrected chi connectivity index (χ0v) is 14.0. The SMILES string of the molecule is CC1CCC(c2csc(NC(=O)c3cccs3)n2)C[C@@H]1C. The van der Waals surface area contributed by atoms with Gasteiger partial charge >= 0.3 is 0 Å². The van der Waals surface area contributed by atoms with Gasteiger partial charge in [0.15, 0.2) is 5.13 Å². The summed E-state index contributed by atoms with van der Waals surface area (Å²) in [6, 6.07) is 3.72. The van der Waals surface area contributed by atoms with Gasteiger partial charge in [0.2, 0.25) is 0 Å². The normalized spacial score (nSPS) is 25.7. The molecule has 2 heterocycles. The highest BCUT2D eigenvalue weighted by Crippen LogP contribution is 2.39. The molecule has 3 rings (SSSR count). The predicted molar refractivity (Wildman–Crippen MR) is 89.3 cm³/mol. The molecular formula is C16H20N2OS2. The molecule has 0 saturated heterocycles. The maximum atomic E-state index is 12.0. The van der Waals surface area contributed by atoms with Crippen LogP contribution >= 0.6 is 22.7 Å². The number of thiophene rings is 1. The first-order chi connectivity index (χ1) is 10.1. The van der Waals surface area contributed by atoms with Crippen LogP contribution in [-0.4, -0.2) is 10.9 Å². The van der Waals surface area contributed by atoms with Crippen molar-refractivity contribution in [2.75, 3.05) is 5.32 Å². The molecule has 1 fully saturated rings. The highest BCUT2D eigenvalue weighted by molar-refractivity contribution is 7.14. The molecule has 0 spiro atoms. The summed E-state index contributed by atoms with van der Waals surface area (Å²) < 4.78 is 0. The molecule has 1 aliphatic rings. The lowest BCUT2D eigenvalue weighted by molar-refractivity contribution is 0.103. The number of carbonyl (C=O) groups excluding carboxylic acids is 1. The number of carbonyl (C=O) groups is 1. The van der Waals surface area contributed by atoms with Crippen LogP contribution in [0.2, 0.25) is 0 Å². The Balaban J connectivity index is 1.65. The number of anilines is 1. The Labute approximate surface area is 133 Å². The number of aromatic nitrogens is 1. The molecule has 0 bridgehead atoms. The van der Waals surface area contributed by atoms with E-state index in [4.69, 9.17) is 0 Å². The second kappa shape index (κ2) is 6.28. The van der Waals surface area contributed by atoms with Crippen molar-refractivity contribution < 1.29 is 4.79 Å². The minimum absolute atomic E-state index is 0.0588. The van der Waals surface area contributed by atoms with Gasteiger partial charge in [-0.2, -0.15) is 0 Å². The van der Waals surface area contributed by atoms with E-state index >= 15 is 0 Å². The quantitative estimate of drug-likeness (QED) is 0.865. The Bertz CT molecular complexity index is 606. The maximum absolute atomic E-state index is 12.0. The molecule has 0 radical (unpaired) electrons. The van der Waals surface area contributed by atoms with Crippen LogP contribution in [0.5, 0.6) is 0 Å². The molecule has 1 aliphatic carbocycles. The molecular weight excluding hydrogens is 300 g/mol. The van der Waals surface area contributed by atoms with Crippen molar-refractivity contribution in [2.24, 2.45) is 11.8 Å². The summed E-state index contributed by atoms with van der Waals surface area (Å²) in [5.41, 5.74) is 1.15. The van der Waals surface area contributed by atoms with E-state index < -0.39 is 0 Å². The van der Waals surface area contributed by atoms with E-state index in [1.54, 1.807) is 0 Å². The number of nitrogens with one attached hydrogen (secondary N) is 1. The largest absolute Gasteiger partial charge is 0.297 e. The van der Waals surface area contributed by atoms with Crippen molar-refractivity contribution in [2.45, 2.75) is 39.0 Å². The molecule has 1 N–H and O–H groups in total. The van der Waals surface area contributed by atoms with Gasteiger partial charge in [-0.1, -0.05) is 19.9 Å². The van der Waals surface area contributed by atoms with Gasteiger partial charge in [0.25, 0.3) is 5.91 Å². The van der Waals surface area contributed by atoms with Crippen molar-refractivity contribution >= 4 is 33.7 Å². The van der Waals surface area contributed by atoms with Crippen LogP contribution in [0.25, 0.3) is 0 Å². The minimum atomic E-state index is -0.0588. The van der Waals surface area contributed by atoms with Crippen molar-refractivity contribution in [3.05, 3.63) is 33.5 Å². The predicted octanol–water partition coefficient (Wildman–Crippen LogP) is 5.00. The average molecular weight is 320 g/mol. The van der Waals surface area contributed by atoms with Gasteiger partial charge in [0.05, 0.1) is 10.6 Å². The third-order valence-corrected chi connectivity index (χ3v) is 6.15.